The highest BCUT2D eigenvalue weighted by atomic mass is 32.2. The first-order valence-corrected chi connectivity index (χ1v) is 5.75. The molecule has 3 heteroatoms. The standard InChI is InChI=1S/C9H18NOS/c1-8-3-4-9(11-7-8)12-6-2-5-10/h8-10H,2-7H2,1H3. The molecule has 0 spiro atoms. The van der Waals surface area contributed by atoms with Crippen LogP contribution in [0.2, 0.25) is 0 Å². The van der Waals surface area contributed by atoms with Gasteiger partial charge in [-0.3, -0.25) is 5.73 Å². The zero-order valence-corrected chi connectivity index (χ0v) is 8.53. The number of rotatable bonds is 4. The quantitative estimate of drug-likeness (QED) is 0.633. The minimum Gasteiger partial charge on any atom is -0.367 e. The summed E-state index contributed by atoms with van der Waals surface area (Å²) in [5.41, 5.74) is 7.42. The Labute approximate surface area is 79.2 Å². The Kier molecular flexibility index (Phi) is 5.04. The summed E-state index contributed by atoms with van der Waals surface area (Å²) in [5, 5.41) is 0. The molecule has 2 unspecified atom stereocenters. The van der Waals surface area contributed by atoms with Crippen LogP contribution in [0.1, 0.15) is 26.2 Å². The van der Waals surface area contributed by atoms with Gasteiger partial charge >= 0.3 is 0 Å². The Hall–Kier alpha value is 0.270. The van der Waals surface area contributed by atoms with Gasteiger partial charge in [-0.1, -0.05) is 6.92 Å². The number of hydrogen-bond acceptors (Lipinski definition) is 2. The minimum atomic E-state index is 0.424. The summed E-state index contributed by atoms with van der Waals surface area (Å²) in [7, 11) is 0. The predicted molar refractivity (Wildman–Crippen MR) is 53.2 cm³/mol. The average Bonchev–Trinajstić information content (AvgIpc) is 2.09. The molecule has 0 saturated carbocycles. The first kappa shape index (κ1) is 10.4. The van der Waals surface area contributed by atoms with Gasteiger partial charge in [-0.25, -0.2) is 0 Å². The van der Waals surface area contributed by atoms with Crippen LogP contribution < -0.4 is 5.73 Å². The first-order valence-electron chi connectivity index (χ1n) is 4.70. The summed E-state index contributed by atoms with van der Waals surface area (Å²) in [6.07, 6.45) is 3.50. The van der Waals surface area contributed by atoms with Gasteiger partial charge in [-0.2, -0.15) is 0 Å². The average molecular weight is 188 g/mol. The molecule has 0 aromatic heterocycles. The predicted octanol–water partition coefficient (Wildman–Crippen LogP) is 2.17. The Morgan fingerprint density at radius 2 is 2.33 bits per heavy atom. The Morgan fingerprint density at radius 1 is 1.50 bits per heavy atom. The van der Waals surface area contributed by atoms with Crippen molar-refractivity contribution in [2.75, 3.05) is 18.9 Å². The molecule has 2 atom stereocenters. The third-order valence-electron chi connectivity index (χ3n) is 2.09. The molecule has 1 radical (unpaired) electrons. The Balaban J connectivity index is 2.01. The van der Waals surface area contributed by atoms with Crippen molar-refractivity contribution in [3.63, 3.8) is 0 Å². The van der Waals surface area contributed by atoms with Gasteiger partial charge in [0.05, 0.1) is 6.61 Å². The fourth-order valence-corrected chi connectivity index (χ4v) is 2.33. The normalized spacial score (nSPS) is 30.5. The van der Waals surface area contributed by atoms with Crippen molar-refractivity contribution in [2.45, 2.75) is 31.6 Å². The highest BCUT2D eigenvalue weighted by Gasteiger charge is 2.18. The lowest BCUT2D eigenvalue weighted by Crippen LogP contribution is -2.22. The van der Waals surface area contributed by atoms with E-state index < -0.39 is 0 Å². The third kappa shape index (κ3) is 3.78. The molecule has 1 heterocycles. The van der Waals surface area contributed by atoms with Crippen LogP contribution in [0.5, 0.6) is 0 Å². The molecule has 1 rings (SSSR count). The second-order valence-corrected chi connectivity index (χ2v) is 4.69. The second-order valence-electron chi connectivity index (χ2n) is 3.42. The molecular weight excluding hydrogens is 170 g/mol. The van der Waals surface area contributed by atoms with Crippen molar-refractivity contribution < 1.29 is 4.74 Å². The molecule has 1 saturated heterocycles. The second kappa shape index (κ2) is 5.84. The minimum absolute atomic E-state index is 0.424. The van der Waals surface area contributed by atoms with Crippen LogP contribution in [-0.2, 0) is 4.74 Å². The maximum Gasteiger partial charge on any atom is 0.103 e. The molecular formula is C9H18NOS. The van der Waals surface area contributed by atoms with Crippen molar-refractivity contribution in [2.24, 2.45) is 5.92 Å². The molecule has 0 aromatic carbocycles. The maximum absolute atomic E-state index is 7.00. The number of hydrogen-bond donors (Lipinski definition) is 0. The van der Waals surface area contributed by atoms with Gasteiger partial charge in [0.15, 0.2) is 0 Å². The van der Waals surface area contributed by atoms with Gasteiger partial charge in [-0.15, -0.1) is 11.8 Å². The van der Waals surface area contributed by atoms with Crippen molar-refractivity contribution in [3.8, 4) is 0 Å². The topological polar surface area (TPSA) is 33.0 Å². The van der Waals surface area contributed by atoms with Gasteiger partial charge in [-0.05, 0) is 30.9 Å². The fourth-order valence-electron chi connectivity index (χ4n) is 1.28. The lowest BCUT2D eigenvalue weighted by Gasteiger charge is -2.26. The molecule has 12 heavy (non-hydrogen) atoms. The van der Waals surface area contributed by atoms with E-state index in [9.17, 15) is 0 Å². The van der Waals surface area contributed by atoms with E-state index in [2.05, 4.69) is 6.92 Å². The van der Waals surface area contributed by atoms with Crippen LogP contribution in [0.15, 0.2) is 0 Å². The molecule has 0 bridgehead atoms. The molecule has 1 N–H and O–H groups in total. The van der Waals surface area contributed by atoms with E-state index >= 15 is 0 Å². The Bertz CT molecular complexity index is 113. The lowest BCUT2D eigenvalue weighted by atomic mass is 10.1. The largest absolute Gasteiger partial charge is 0.367 e. The zero-order valence-electron chi connectivity index (χ0n) is 7.71. The highest BCUT2D eigenvalue weighted by Crippen LogP contribution is 2.26. The third-order valence-corrected chi connectivity index (χ3v) is 3.35. The molecule has 1 aliphatic rings. The fraction of sp³-hybridized carbons (Fsp3) is 1.00. The van der Waals surface area contributed by atoms with Gasteiger partial charge in [0.25, 0.3) is 0 Å². The Morgan fingerprint density at radius 3 is 2.92 bits per heavy atom. The van der Waals surface area contributed by atoms with Crippen molar-refractivity contribution >= 4 is 11.8 Å². The summed E-state index contributed by atoms with van der Waals surface area (Å²) >= 11 is 1.88. The monoisotopic (exact) mass is 188 g/mol. The van der Waals surface area contributed by atoms with Gasteiger partial charge in [0.2, 0.25) is 0 Å². The van der Waals surface area contributed by atoms with Crippen molar-refractivity contribution in [1.82, 2.24) is 5.73 Å². The number of ether oxygens (including phenoxy) is 1. The van der Waals surface area contributed by atoms with E-state index in [0.717, 1.165) is 24.7 Å². The van der Waals surface area contributed by atoms with Crippen molar-refractivity contribution in [1.29, 1.82) is 0 Å². The van der Waals surface area contributed by atoms with Crippen LogP contribution in [0.3, 0.4) is 0 Å². The van der Waals surface area contributed by atoms with Crippen LogP contribution >= 0.6 is 11.8 Å². The molecule has 2 nitrogen and oxygen atoms in total. The number of nitrogens with one attached hydrogen (secondary N) is 1. The van der Waals surface area contributed by atoms with Crippen LogP contribution in [0.25, 0.3) is 0 Å². The molecule has 0 aliphatic carbocycles. The number of thioether (sulfide) groups is 1. The van der Waals surface area contributed by atoms with Crippen molar-refractivity contribution in [3.05, 3.63) is 0 Å². The van der Waals surface area contributed by atoms with Crippen LogP contribution in [0, 0.1) is 5.92 Å². The van der Waals surface area contributed by atoms with E-state index in [1.807, 2.05) is 11.8 Å². The molecule has 71 valence electrons. The molecule has 1 aliphatic heterocycles. The smallest absolute Gasteiger partial charge is 0.103 e. The molecule has 0 aromatic rings. The summed E-state index contributed by atoms with van der Waals surface area (Å²) in [4.78, 5) is 0. The summed E-state index contributed by atoms with van der Waals surface area (Å²) in [5.74, 6) is 1.83. The maximum atomic E-state index is 7.00. The SMILES string of the molecule is CC1CCC(SCCC[NH])OC1. The van der Waals surface area contributed by atoms with E-state index in [1.54, 1.807) is 0 Å². The van der Waals surface area contributed by atoms with Gasteiger partial charge < -0.3 is 4.74 Å². The molecule has 0 amide bonds. The summed E-state index contributed by atoms with van der Waals surface area (Å²) in [6.45, 7) is 3.72. The van der Waals surface area contributed by atoms with Crippen LogP contribution in [-0.4, -0.2) is 24.3 Å². The van der Waals surface area contributed by atoms with E-state index in [1.165, 1.54) is 12.8 Å². The van der Waals surface area contributed by atoms with E-state index in [4.69, 9.17) is 10.5 Å². The molecule has 1 fully saturated rings. The van der Waals surface area contributed by atoms with Gasteiger partial charge in [0.1, 0.15) is 5.44 Å². The zero-order chi connectivity index (χ0) is 8.81. The van der Waals surface area contributed by atoms with E-state index in [-0.39, 0.29) is 0 Å². The summed E-state index contributed by atoms with van der Waals surface area (Å²) in [6, 6.07) is 0. The highest BCUT2D eigenvalue weighted by molar-refractivity contribution is 7.99. The van der Waals surface area contributed by atoms with E-state index in [0.29, 0.717) is 12.0 Å². The van der Waals surface area contributed by atoms with Crippen LogP contribution in [0.4, 0.5) is 0 Å². The lowest BCUT2D eigenvalue weighted by molar-refractivity contribution is 0.0400. The van der Waals surface area contributed by atoms with Gasteiger partial charge in [0, 0.05) is 6.54 Å². The first-order chi connectivity index (χ1) is 5.83. The summed E-state index contributed by atoms with van der Waals surface area (Å²) < 4.78 is 5.64.